The zero-order chi connectivity index (χ0) is 11.8. The maximum absolute atomic E-state index is 6.03. The van der Waals surface area contributed by atoms with Crippen molar-refractivity contribution < 1.29 is 0 Å². The van der Waals surface area contributed by atoms with E-state index < -0.39 is 0 Å². The summed E-state index contributed by atoms with van der Waals surface area (Å²) in [7, 11) is 0. The van der Waals surface area contributed by atoms with Crippen LogP contribution in [0.15, 0.2) is 48.5 Å². The van der Waals surface area contributed by atoms with Crippen molar-refractivity contribution in [3.05, 3.63) is 59.1 Å². The molecule has 0 bridgehead atoms. The Morgan fingerprint density at radius 1 is 1.00 bits per heavy atom. The van der Waals surface area contributed by atoms with Gasteiger partial charge in [0.25, 0.3) is 0 Å². The smallest absolute Gasteiger partial charge is 0.0494 e. The monoisotopic (exact) mass is 241 g/mol. The summed E-state index contributed by atoms with van der Waals surface area (Å²) in [5.41, 5.74) is 4.75. The molecule has 84 valence electrons. The van der Waals surface area contributed by atoms with E-state index in [-0.39, 0.29) is 0 Å². The minimum atomic E-state index is 0.777. The second-order valence-electron chi connectivity index (χ2n) is 4.18. The normalized spacial score (nSPS) is 10.9. The molecular formula is C15H12ClN. The van der Waals surface area contributed by atoms with E-state index in [4.69, 9.17) is 11.6 Å². The van der Waals surface area contributed by atoms with E-state index in [0.29, 0.717) is 0 Å². The number of H-pyrrole nitrogens is 1. The maximum Gasteiger partial charge on any atom is 0.0494 e. The van der Waals surface area contributed by atoms with Gasteiger partial charge < -0.3 is 4.98 Å². The molecule has 1 N–H and O–H groups in total. The first-order chi connectivity index (χ1) is 8.25. The average molecular weight is 242 g/mol. The molecule has 0 amide bonds. The first-order valence-corrected chi connectivity index (χ1v) is 5.97. The molecule has 2 aromatic carbocycles. The molecule has 0 aliphatic heterocycles. The van der Waals surface area contributed by atoms with Gasteiger partial charge in [-0.1, -0.05) is 41.9 Å². The largest absolute Gasteiger partial charge is 0.354 e. The van der Waals surface area contributed by atoms with E-state index in [2.05, 4.69) is 24.0 Å². The molecule has 1 nitrogen and oxygen atoms in total. The van der Waals surface area contributed by atoms with Crippen molar-refractivity contribution in [2.75, 3.05) is 0 Å². The summed E-state index contributed by atoms with van der Waals surface area (Å²) in [6.45, 7) is 2.12. The van der Waals surface area contributed by atoms with Crippen LogP contribution in [0.5, 0.6) is 0 Å². The Labute approximate surface area is 105 Å². The Morgan fingerprint density at radius 2 is 1.76 bits per heavy atom. The Balaban J connectivity index is 2.28. The Bertz CT molecular complexity index is 668. The van der Waals surface area contributed by atoms with E-state index in [1.54, 1.807) is 0 Å². The van der Waals surface area contributed by atoms with Crippen molar-refractivity contribution in [1.82, 2.24) is 4.98 Å². The van der Waals surface area contributed by atoms with Crippen LogP contribution in [-0.2, 0) is 0 Å². The summed E-state index contributed by atoms with van der Waals surface area (Å²) in [5.74, 6) is 0. The summed E-state index contributed by atoms with van der Waals surface area (Å²) in [6, 6.07) is 16.3. The fourth-order valence-corrected chi connectivity index (χ4v) is 2.36. The molecule has 3 aromatic rings. The fraction of sp³-hybridized carbons (Fsp3) is 0.0667. The van der Waals surface area contributed by atoms with Gasteiger partial charge in [-0.15, -0.1) is 0 Å². The number of halogens is 1. The van der Waals surface area contributed by atoms with Crippen LogP contribution < -0.4 is 0 Å². The van der Waals surface area contributed by atoms with Gasteiger partial charge in [-0.3, -0.25) is 0 Å². The Hall–Kier alpha value is -1.73. The first kappa shape index (κ1) is 10.4. The van der Waals surface area contributed by atoms with E-state index in [1.807, 2.05) is 36.4 Å². The van der Waals surface area contributed by atoms with Crippen molar-refractivity contribution in [2.24, 2.45) is 0 Å². The zero-order valence-corrected chi connectivity index (χ0v) is 10.3. The lowest BCUT2D eigenvalue weighted by Crippen LogP contribution is -1.78. The third-order valence-corrected chi connectivity index (χ3v) is 3.32. The van der Waals surface area contributed by atoms with Crippen LogP contribution in [0, 0.1) is 6.92 Å². The number of aromatic amines is 1. The van der Waals surface area contributed by atoms with Crippen LogP contribution in [0.25, 0.3) is 22.2 Å². The highest BCUT2D eigenvalue weighted by Crippen LogP contribution is 2.30. The van der Waals surface area contributed by atoms with Gasteiger partial charge in [-0.25, -0.2) is 0 Å². The highest BCUT2D eigenvalue weighted by Gasteiger charge is 2.09. The Morgan fingerprint density at radius 3 is 2.53 bits per heavy atom. The maximum atomic E-state index is 6.03. The van der Waals surface area contributed by atoms with Crippen molar-refractivity contribution in [2.45, 2.75) is 6.92 Å². The first-order valence-electron chi connectivity index (χ1n) is 5.59. The second-order valence-corrected chi connectivity index (χ2v) is 4.62. The molecule has 0 unspecified atom stereocenters. The van der Waals surface area contributed by atoms with Gasteiger partial charge in [0.2, 0.25) is 0 Å². The molecule has 0 saturated carbocycles. The number of fused-ring (bicyclic) bond motifs is 1. The number of hydrogen-bond acceptors (Lipinski definition) is 0. The molecule has 0 aliphatic carbocycles. The van der Waals surface area contributed by atoms with E-state index in [0.717, 1.165) is 10.5 Å². The predicted molar refractivity (Wildman–Crippen MR) is 73.5 cm³/mol. The van der Waals surface area contributed by atoms with E-state index in [9.17, 15) is 0 Å². The summed E-state index contributed by atoms with van der Waals surface area (Å²) in [4.78, 5) is 3.45. The Kier molecular flexibility index (Phi) is 2.41. The molecule has 0 saturated heterocycles. The van der Waals surface area contributed by atoms with Gasteiger partial charge in [0.05, 0.1) is 0 Å². The highest BCUT2D eigenvalue weighted by atomic mass is 35.5. The molecule has 0 aliphatic rings. The minimum absolute atomic E-state index is 0.777. The van der Waals surface area contributed by atoms with E-state index >= 15 is 0 Å². The van der Waals surface area contributed by atoms with Gasteiger partial charge in [0, 0.05) is 21.6 Å². The molecule has 2 heteroatoms. The van der Waals surface area contributed by atoms with Crippen LogP contribution in [0.1, 0.15) is 5.56 Å². The van der Waals surface area contributed by atoms with Crippen molar-refractivity contribution in [1.29, 1.82) is 0 Å². The SMILES string of the molecule is Cc1c(-c2ccccc2)[nH]c2ccc(Cl)cc12. The van der Waals surface area contributed by atoms with Gasteiger partial charge in [0.15, 0.2) is 0 Å². The summed E-state index contributed by atoms with van der Waals surface area (Å²) in [5, 5.41) is 1.97. The second kappa shape index (κ2) is 3.94. The van der Waals surface area contributed by atoms with Crippen LogP contribution >= 0.6 is 11.6 Å². The standard InChI is InChI=1S/C15H12ClN/c1-10-13-9-12(16)7-8-14(13)17-15(10)11-5-3-2-4-6-11/h2-9,17H,1H3. The zero-order valence-electron chi connectivity index (χ0n) is 9.50. The summed E-state index contributed by atoms with van der Waals surface area (Å²) < 4.78 is 0. The number of aryl methyl sites for hydroxylation is 1. The third kappa shape index (κ3) is 1.73. The lowest BCUT2D eigenvalue weighted by atomic mass is 10.1. The lowest BCUT2D eigenvalue weighted by molar-refractivity contribution is 1.41. The molecule has 1 heterocycles. The van der Waals surface area contributed by atoms with Crippen LogP contribution in [-0.4, -0.2) is 4.98 Å². The van der Waals surface area contributed by atoms with Gasteiger partial charge in [-0.05, 0) is 36.2 Å². The van der Waals surface area contributed by atoms with Crippen molar-refractivity contribution in [3.63, 3.8) is 0 Å². The molecule has 17 heavy (non-hydrogen) atoms. The summed E-state index contributed by atoms with van der Waals surface area (Å²) >= 11 is 6.03. The molecule has 0 fully saturated rings. The number of aromatic nitrogens is 1. The quantitative estimate of drug-likeness (QED) is 0.630. The average Bonchev–Trinajstić information content (AvgIpc) is 2.68. The van der Waals surface area contributed by atoms with Crippen molar-refractivity contribution >= 4 is 22.5 Å². The third-order valence-electron chi connectivity index (χ3n) is 3.08. The van der Waals surface area contributed by atoms with Crippen molar-refractivity contribution in [3.8, 4) is 11.3 Å². The summed E-state index contributed by atoms with van der Waals surface area (Å²) in [6.07, 6.45) is 0. The van der Waals surface area contributed by atoms with Gasteiger partial charge >= 0.3 is 0 Å². The molecular weight excluding hydrogens is 230 g/mol. The highest BCUT2D eigenvalue weighted by molar-refractivity contribution is 6.31. The van der Waals surface area contributed by atoms with Gasteiger partial charge in [0.1, 0.15) is 0 Å². The number of hydrogen-bond donors (Lipinski definition) is 1. The van der Waals surface area contributed by atoms with Crippen LogP contribution in [0.4, 0.5) is 0 Å². The van der Waals surface area contributed by atoms with Crippen LogP contribution in [0.2, 0.25) is 5.02 Å². The van der Waals surface area contributed by atoms with Crippen LogP contribution in [0.3, 0.4) is 0 Å². The molecule has 1 aromatic heterocycles. The molecule has 3 rings (SSSR count). The topological polar surface area (TPSA) is 15.8 Å². The predicted octanol–water partition coefficient (Wildman–Crippen LogP) is 4.80. The lowest BCUT2D eigenvalue weighted by Gasteiger charge is -1.99. The molecule has 0 spiro atoms. The van der Waals surface area contributed by atoms with Gasteiger partial charge in [-0.2, -0.15) is 0 Å². The number of benzene rings is 2. The number of rotatable bonds is 1. The minimum Gasteiger partial charge on any atom is -0.354 e. The molecule has 0 atom stereocenters. The van der Waals surface area contributed by atoms with E-state index in [1.165, 1.54) is 22.2 Å². The molecule has 0 radical (unpaired) electrons. The number of nitrogens with one attached hydrogen (secondary N) is 1. The fourth-order valence-electron chi connectivity index (χ4n) is 2.19.